The van der Waals surface area contributed by atoms with Gasteiger partial charge in [0.1, 0.15) is 11.9 Å². The Morgan fingerprint density at radius 3 is 2.62 bits per heavy atom. The van der Waals surface area contributed by atoms with Crippen LogP contribution >= 0.6 is 24.2 Å². The van der Waals surface area contributed by atoms with Gasteiger partial charge >= 0.3 is 0 Å². The summed E-state index contributed by atoms with van der Waals surface area (Å²) in [6.07, 6.45) is 3.71. The molecule has 1 unspecified atom stereocenters. The van der Waals surface area contributed by atoms with Crippen LogP contribution in [0.4, 0.5) is 0 Å². The second kappa shape index (κ2) is 9.96. The van der Waals surface area contributed by atoms with E-state index < -0.39 is 0 Å². The molecule has 7 heteroatoms. The van der Waals surface area contributed by atoms with E-state index in [2.05, 4.69) is 46.7 Å². The third-order valence-electron chi connectivity index (χ3n) is 5.01. The zero-order valence-corrected chi connectivity index (χ0v) is 18.0. The van der Waals surface area contributed by atoms with Crippen molar-refractivity contribution in [3.05, 3.63) is 83.9 Å². The van der Waals surface area contributed by atoms with Gasteiger partial charge in [-0.15, -0.1) is 24.2 Å². The summed E-state index contributed by atoms with van der Waals surface area (Å²) in [5, 5.41) is 3.38. The number of halogens is 1. The molecule has 2 heterocycles. The van der Waals surface area contributed by atoms with Crippen LogP contribution in [0.5, 0.6) is 0 Å². The van der Waals surface area contributed by atoms with Crippen LogP contribution in [0.3, 0.4) is 0 Å². The molecular weight excluding hydrogens is 404 g/mol. The number of piperazine rings is 1. The number of carbonyl (C=O) groups excluding carboxylic acids is 1. The molecule has 1 amide bonds. The van der Waals surface area contributed by atoms with Crippen molar-refractivity contribution in [3.8, 4) is 0 Å². The Balaban J connectivity index is 0.00000240. The highest BCUT2D eigenvalue weighted by atomic mass is 35.5. The molecule has 5 nitrogen and oxygen atoms in total. The van der Waals surface area contributed by atoms with Gasteiger partial charge in [-0.3, -0.25) is 4.79 Å². The molecule has 0 bridgehead atoms. The van der Waals surface area contributed by atoms with E-state index in [-0.39, 0.29) is 24.4 Å². The Labute approximate surface area is 181 Å². The number of hydrogen-bond acceptors (Lipinski definition) is 4. The van der Waals surface area contributed by atoms with Gasteiger partial charge in [-0.25, -0.2) is 4.98 Å². The van der Waals surface area contributed by atoms with Crippen molar-refractivity contribution in [1.82, 2.24) is 19.8 Å². The lowest BCUT2D eigenvalue weighted by molar-refractivity contribution is 0.0621. The Kier molecular flexibility index (Phi) is 7.36. The Morgan fingerprint density at radius 1 is 1.17 bits per heavy atom. The first kappa shape index (κ1) is 21.4. The predicted octanol–water partition coefficient (Wildman–Crippen LogP) is 3.92. The summed E-state index contributed by atoms with van der Waals surface area (Å²) in [6, 6.07) is 18.3. The molecule has 1 aliphatic heterocycles. The molecule has 1 N–H and O–H groups in total. The van der Waals surface area contributed by atoms with Crippen LogP contribution in [-0.2, 0) is 12.8 Å². The Hall–Kier alpha value is -2.28. The summed E-state index contributed by atoms with van der Waals surface area (Å²) in [7, 11) is 1.97. The fraction of sp³-hybridized carbons (Fsp3) is 0.273. The number of aromatic nitrogens is 2. The molecule has 3 aromatic rings. The van der Waals surface area contributed by atoms with Crippen LogP contribution in [0, 0.1) is 0 Å². The molecule has 0 aliphatic carbocycles. The molecule has 1 aliphatic rings. The summed E-state index contributed by atoms with van der Waals surface area (Å²) in [6.45, 7) is 2.21. The monoisotopic (exact) mass is 428 g/mol. The number of imidazole rings is 1. The second-order valence-electron chi connectivity index (χ2n) is 6.91. The molecule has 29 heavy (non-hydrogen) atoms. The fourth-order valence-corrected chi connectivity index (χ4v) is 4.34. The van der Waals surface area contributed by atoms with Gasteiger partial charge in [-0.2, -0.15) is 0 Å². The quantitative estimate of drug-likeness (QED) is 0.626. The Bertz CT molecular complexity index is 930. The predicted molar refractivity (Wildman–Crippen MR) is 120 cm³/mol. The third-order valence-corrected chi connectivity index (χ3v) is 6.09. The lowest BCUT2D eigenvalue weighted by atomic mass is 10.1. The van der Waals surface area contributed by atoms with Crippen molar-refractivity contribution in [2.75, 3.05) is 19.6 Å². The van der Waals surface area contributed by atoms with Crippen LogP contribution in [-0.4, -0.2) is 40.0 Å². The maximum absolute atomic E-state index is 13.2. The maximum atomic E-state index is 13.2. The number of aryl methyl sites for hydroxylation is 1. The zero-order valence-electron chi connectivity index (χ0n) is 16.3. The van der Waals surface area contributed by atoms with Crippen LogP contribution < -0.4 is 5.32 Å². The highest BCUT2D eigenvalue weighted by Gasteiger charge is 2.30. The number of amides is 1. The largest absolute Gasteiger partial charge is 0.336 e. The molecule has 1 saturated heterocycles. The number of nitrogens with zero attached hydrogens (tertiary/aromatic N) is 3. The number of hydrogen-bond donors (Lipinski definition) is 1. The lowest BCUT2D eigenvalue weighted by Crippen LogP contribution is -2.49. The molecule has 0 radical (unpaired) electrons. The van der Waals surface area contributed by atoms with Gasteiger partial charge < -0.3 is 14.8 Å². The summed E-state index contributed by atoms with van der Waals surface area (Å²) < 4.78 is 1.99. The Morgan fingerprint density at radius 2 is 1.93 bits per heavy atom. The van der Waals surface area contributed by atoms with Crippen molar-refractivity contribution in [1.29, 1.82) is 0 Å². The van der Waals surface area contributed by atoms with E-state index in [9.17, 15) is 4.79 Å². The van der Waals surface area contributed by atoms with E-state index in [1.165, 1.54) is 10.5 Å². The molecule has 1 atom stereocenters. The normalized spacial score (nSPS) is 16.3. The van der Waals surface area contributed by atoms with Gasteiger partial charge in [0, 0.05) is 55.3 Å². The van der Waals surface area contributed by atoms with Crippen LogP contribution in [0.15, 0.2) is 71.9 Å². The lowest BCUT2D eigenvalue weighted by Gasteiger charge is -2.35. The highest BCUT2D eigenvalue weighted by molar-refractivity contribution is 7.98. The summed E-state index contributed by atoms with van der Waals surface area (Å²) >= 11 is 1.80. The topological polar surface area (TPSA) is 50.2 Å². The molecule has 2 aromatic carbocycles. The molecule has 1 aromatic heterocycles. The second-order valence-corrected chi connectivity index (χ2v) is 7.96. The fourth-order valence-electron chi connectivity index (χ4n) is 3.47. The van der Waals surface area contributed by atoms with Crippen LogP contribution in [0.25, 0.3) is 0 Å². The summed E-state index contributed by atoms with van der Waals surface area (Å²) in [5.74, 6) is 1.87. The van der Waals surface area contributed by atoms with E-state index in [1.54, 1.807) is 18.0 Å². The molecule has 0 saturated carbocycles. The van der Waals surface area contributed by atoms with Crippen molar-refractivity contribution in [2.45, 2.75) is 16.7 Å². The van der Waals surface area contributed by atoms with Crippen molar-refractivity contribution in [3.63, 3.8) is 0 Å². The maximum Gasteiger partial charge on any atom is 0.254 e. The number of thioether (sulfide) groups is 1. The van der Waals surface area contributed by atoms with Gasteiger partial charge in [0.25, 0.3) is 5.91 Å². The average Bonchev–Trinajstić information content (AvgIpc) is 3.18. The van der Waals surface area contributed by atoms with Gasteiger partial charge in [0.2, 0.25) is 0 Å². The zero-order chi connectivity index (χ0) is 19.3. The molecule has 4 rings (SSSR count). The van der Waals surface area contributed by atoms with E-state index in [0.717, 1.165) is 30.2 Å². The SMILES string of the molecule is Cl.Cn1ccnc1C1CNCCN1C(=O)c1ccc(CSc2ccccc2)cc1. The van der Waals surface area contributed by atoms with Crippen molar-refractivity contribution >= 4 is 30.1 Å². The van der Waals surface area contributed by atoms with E-state index >= 15 is 0 Å². The van der Waals surface area contributed by atoms with Gasteiger partial charge in [-0.05, 0) is 29.8 Å². The molecule has 0 spiro atoms. The number of benzene rings is 2. The highest BCUT2D eigenvalue weighted by Crippen LogP contribution is 2.25. The van der Waals surface area contributed by atoms with Gasteiger partial charge in [0.05, 0.1) is 0 Å². The minimum atomic E-state index is -0.0467. The standard InChI is InChI=1S/C22H24N4OS.ClH/c1-25-13-12-24-21(25)20-15-23-11-14-26(20)22(27)18-9-7-17(8-10-18)16-28-19-5-3-2-4-6-19;/h2-10,12-13,20,23H,11,14-16H2,1H3;1H. The first-order valence-electron chi connectivity index (χ1n) is 9.48. The third kappa shape index (κ3) is 5.01. The minimum absolute atomic E-state index is 0. The smallest absolute Gasteiger partial charge is 0.254 e. The summed E-state index contributed by atoms with van der Waals surface area (Å²) in [4.78, 5) is 20.8. The van der Waals surface area contributed by atoms with Crippen molar-refractivity contribution in [2.24, 2.45) is 7.05 Å². The molecule has 1 fully saturated rings. The van der Waals surface area contributed by atoms with E-state index in [4.69, 9.17) is 0 Å². The number of carbonyl (C=O) groups is 1. The van der Waals surface area contributed by atoms with Crippen LogP contribution in [0.1, 0.15) is 27.8 Å². The molecular formula is C22H25ClN4OS. The number of nitrogens with one attached hydrogen (secondary N) is 1. The van der Waals surface area contributed by atoms with E-state index in [1.807, 2.05) is 40.9 Å². The average molecular weight is 429 g/mol. The molecule has 152 valence electrons. The van der Waals surface area contributed by atoms with Gasteiger partial charge in [0.15, 0.2) is 0 Å². The van der Waals surface area contributed by atoms with Crippen molar-refractivity contribution < 1.29 is 4.79 Å². The summed E-state index contributed by atoms with van der Waals surface area (Å²) in [5.41, 5.74) is 1.95. The van der Waals surface area contributed by atoms with Crippen LogP contribution in [0.2, 0.25) is 0 Å². The first-order valence-corrected chi connectivity index (χ1v) is 10.5. The van der Waals surface area contributed by atoms with Gasteiger partial charge in [-0.1, -0.05) is 30.3 Å². The number of rotatable bonds is 5. The first-order chi connectivity index (χ1) is 13.7. The van der Waals surface area contributed by atoms with E-state index in [0.29, 0.717) is 6.54 Å². The minimum Gasteiger partial charge on any atom is -0.336 e.